The van der Waals surface area contributed by atoms with Crippen LogP contribution in [-0.4, -0.2) is 24.7 Å². The maximum absolute atomic E-state index is 10.9. The van der Waals surface area contributed by atoms with E-state index in [-0.39, 0.29) is 6.09 Å². The van der Waals surface area contributed by atoms with Crippen LogP contribution in [0.1, 0.15) is 11.1 Å². The molecular weight excluding hydrogens is 216 g/mol. The quantitative estimate of drug-likeness (QED) is 0.853. The number of fused-ring (bicyclic) bond motifs is 1. The van der Waals surface area contributed by atoms with Gasteiger partial charge < -0.3 is 15.0 Å². The number of benzene rings is 1. The first-order chi connectivity index (χ1) is 8.20. The van der Waals surface area contributed by atoms with Gasteiger partial charge in [0.15, 0.2) is 0 Å². The summed E-state index contributed by atoms with van der Waals surface area (Å²) in [5.74, 6) is 0. The zero-order valence-electron chi connectivity index (χ0n) is 10.0. The summed E-state index contributed by atoms with van der Waals surface area (Å²) in [6.07, 6.45) is 2.39. The maximum Gasteiger partial charge on any atom is 0.406 e. The Morgan fingerprint density at radius 2 is 2.29 bits per heavy atom. The molecule has 0 spiro atoms. The first-order valence-electron chi connectivity index (χ1n) is 5.59. The highest BCUT2D eigenvalue weighted by Crippen LogP contribution is 2.19. The van der Waals surface area contributed by atoms with Crippen LogP contribution in [-0.2, 0) is 11.2 Å². The Labute approximate surface area is 100.0 Å². The smallest absolute Gasteiger partial charge is 0.406 e. The number of carbonyl (C=O) groups is 1. The minimum atomic E-state index is -0.388. The molecule has 0 unspecified atom stereocenters. The Bertz CT molecular complexity index is 531. The van der Waals surface area contributed by atoms with Crippen LogP contribution in [0.5, 0.6) is 0 Å². The number of aromatic amines is 1. The number of rotatable bonds is 3. The van der Waals surface area contributed by atoms with Crippen LogP contribution in [0.3, 0.4) is 0 Å². The normalized spacial score (nSPS) is 10.5. The van der Waals surface area contributed by atoms with E-state index >= 15 is 0 Å². The van der Waals surface area contributed by atoms with Gasteiger partial charge in [0.05, 0.1) is 7.11 Å². The van der Waals surface area contributed by atoms with Crippen molar-refractivity contribution in [1.29, 1.82) is 0 Å². The van der Waals surface area contributed by atoms with Crippen LogP contribution in [0.4, 0.5) is 4.79 Å². The molecule has 4 heteroatoms. The molecule has 0 saturated heterocycles. The molecule has 2 N–H and O–H groups in total. The fourth-order valence-electron chi connectivity index (χ4n) is 1.88. The lowest BCUT2D eigenvalue weighted by atomic mass is 10.1. The number of alkyl carbamates (subject to hydrolysis) is 1. The molecule has 0 atom stereocenters. The van der Waals surface area contributed by atoms with Gasteiger partial charge >= 0.3 is 6.09 Å². The number of nitrogens with one attached hydrogen (secondary N) is 2. The summed E-state index contributed by atoms with van der Waals surface area (Å²) in [4.78, 5) is 14.1. The van der Waals surface area contributed by atoms with E-state index in [9.17, 15) is 4.79 Å². The van der Waals surface area contributed by atoms with Gasteiger partial charge in [0.2, 0.25) is 0 Å². The van der Waals surface area contributed by atoms with E-state index in [0.29, 0.717) is 6.54 Å². The van der Waals surface area contributed by atoms with E-state index in [1.165, 1.54) is 23.6 Å². The van der Waals surface area contributed by atoms with Gasteiger partial charge in [0.25, 0.3) is 0 Å². The van der Waals surface area contributed by atoms with E-state index in [2.05, 4.69) is 40.2 Å². The van der Waals surface area contributed by atoms with Crippen LogP contribution in [0.15, 0.2) is 24.4 Å². The number of ether oxygens (including phenoxy) is 1. The zero-order valence-corrected chi connectivity index (χ0v) is 10.0. The number of methoxy groups -OCH3 is 1. The molecule has 17 heavy (non-hydrogen) atoms. The molecule has 0 fully saturated rings. The number of hydrogen-bond donors (Lipinski definition) is 2. The number of amides is 1. The van der Waals surface area contributed by atoms with E-state index < -0.39 is 0 Å². The number of H-pyrrole nitrogens is 1. The molecule has 90 valence electrons. The predicted octanol–water partition coefficient (Wildman–Crippen LogP) is 2.37. The van der Waals surface area contributed by atoms with Gasteiger partial charge in [0.1, 0.15) is 0 Å². The second kappa shape index (κ2) is 4.91. The summed E-state index contributed by atoms with van der Waals surface area (Å²) in [5, 5.41) is 3.88. The Balaban J connectivity index is 2.06. The average Bonchev–Trinajstić information content (AvgIpc) is 2.71. The van der Waals surface area contributed by atoms with Gasteiger partial charge in [-0.3, -0.25) is 0 Å². The molecule has 0 saturated carbocycles. The van der Waals surface area contributed by atoms with Gasteiger partial charge in [-0.1, -0.05) is 12.1 Å². The monoisotopic (exact) mass is 232 g/mol. The van der Waals surface area contributed by atoms with E-state index in [0.717, 1.165) is 11.9 Å². The van der Waals surface area contributed by atoms with E-state index in [1.54, 1.807) is 0 Å². The molecule has 4 nitrogen and oxygen atoms in total. The molecule has 0 aliphatic heterocycles. The number of aromatic nitrogens is 1. The SMILES string of the molecule is COC(=O)NCCc1c[nH]c2cc(C)ccc12. The highest BCUT2D eigenvalue weighted by Gasteiger charge is 2.04. The van der Waals surface area contributed by atoms with Crippen molar-refractivity contribution in [2.45, 2.75) is 13.3 Å². The largest absolute Gasteiger partial charge is 0.453 e. The van der Waals surface area contributed by atoms with Gasteiger partial charge in [-0.25, -0.2) is 4.79 Å². The summed E-state index contributed by atoms with van der Waals surface area (Å²) in [6.45, 7) is 2.65. The fraction of sp³-hybridized carbons (Fsp3) is 0.308. The number of aryl methyl sites for hydroxylation is 1. The van der Waals surface area contributed by atoms with Crippen LogP contribution >= 0.6 is 0 Å². The molecule has 1 amide bonds. The Kier molecular flexibility index (Phi) is 3.32. The molecule has 0 radical (unpaired) electrons. The zero-order chi connectivity index (χ0) is 12.3. The summed E-state index contributed by atoms with van der Waals surface area (Å²) >= 11 is 0. The van der Waals surface area contributed by atoms with E-state index in [1.807, 2.05) is 6.20 Å². The molecule has 0 aliphatic rings. The molecule has 0 aliphatic carbocycles. The van der Waals surface area contributed by atoms with Crippen molar-refractivity contribution in [2.75, 3.05) is 13.7 Å². The Hall–Kier alpha value is -1.97. The molecule has 1 aromatic carbocycles. The summed E-state index contributed by atoms with van der Waals surface area (Å²) < 4.78 is 4.51. The highest BCUT2D eigenvalue weighted by molar-refractivity contribution is 5.83. The summed E-state index contributed by atoms with van der Waals surface area (Å²) in [5.41, 5.74) is 3.58. The second-order valence-electron chi connectivity index (χ2n) is 4.03. The van der Waals surface area contributed by atoms with Crippen LogP contribution < -0.4 is 5.32 Å². The molecule has 1 heterocycles. The third-order valence-electron chi connectivity index (χ3n) is 2.77. The van der Waals surface area contributed by atoms with Crippen molar-refractivity contribution >= 4 is 17.0 Å². The predicted molar refractivity (Wildman–Crippen MR) is 67.1 cm³/mol. The average molecular weight is 232 g/mol. The lowest BCUT2D eigenvalue weighted by Crippen LogP contribution is -2.25. The highest BCUT2D eigenvalue weighted by atomic mass is 16.5. The molecular formula is C13H16N2O2. The van der Waals surface area contributed by atoms with Gasteiger partial charge in [-0.05, 0) is 30.5 Å². The minimum absolute atomic E-state index is 0.388. The summed E-state index contributed by atoms with van der Waals surface area (Å²) in [6, 6.07) is 6.31. The molecule has 0 bridgehead atoms. The first-order valence-corrected chi connectivity index (χ1v) is 5.59. The maximum atomic E-state index is 10.9. The van der Waals surface area contributed by atoms with Crippen molar-refractivity contribution in [3.8, 4) is 0 Å². The lowest BCUT2D eigenvalue weighted by molar-refractivity contribution is 0.171. The third-order valence-corrected chi connectivity index (χ3v) is 2.77. The fourth-order valence-corrected chi connectivity index (χ4v) is 1.88. The molecule has 1 aromatic heterocycles. The van der Waals surface area contributed by atoms with Crippen molar-refractivity contribution in [2.24, 2.45) is 0 Å². The topological polar surface area (TPSA) is 54.1 Å². The minimum Gasteiger partial charge on any atom is -0.453 e. The van der Waals surface area contributed by atoms with Crippen molar-refractivity contribution < 1.29 is 9.53 Å². The van der Waals surface area contributed by atoms with Gasteiger partial charge in [-0.2, -0.15) is 0 Å². The number of carbonyl (C=O) groups excluding carboxylic acids is 1. The number of hydrogen-bond acceptors (Lipinski definition) is 2. The third kappa shape index (κ3) is 2.58. The molecule has 2 aromatic rings. The van der Waals surface area contributed by atoms with Crippen molar-refractivity contribution in [1.82, 2.24) is 10.3 Å². The van der Waals surface area contributed by atoms with Crippen LogP contribution in [0.25, 0.3) is 10.9 Å². The Morgan fingerprint density at radius 1 is 1.47 bits per heavy atom. The van der Waals surface area contributed by atoms with E-state index in [4.69, 9.17) is 0 Å². The van der Waals surface area contributed by atoms with Crippen molar-refractivity contribution in [3.63, 3.8) is 0 Å². The van der Waals surface area contributed by atoms with Gasteiger partial charge in [-0.15, -0.1) is 0 Å². The Morgan fingerprint density at radius 3 is 3.06 bits per heavy atom. The summed E-state index contributed by atoms with van der Waals surface area (Å²) in [7, 11) is 1.36. The van der Waals surface area contributed by atoms with Crippen LogP contribution in [0.2, 0.25) is 0 Å². The lowest BCUT2D eigenvalue weighted by Gasteiger charge is -2.02. The second-order valence-corrected chi connectivity index (χ2v) is 4.03. The first kappa shape index (κ1) is 11.5. The molecule has 2 rings (SSSR count). The van der Waals surface area contributed by atoms with Crippen LogP contribution in [0, 0.1) is 6.92 Å². The van der Waals surface area contributed by atoms with Crippen molar-refractivity contribution in [3.05, 3.63) is 35.5 Å². The van der Waals surface area contributed by atoms with Gasteiger partial charge in [0, 0.05) is 23.6 Å². The standard InChI is InChI=1S/C13H16N2O2/c1-9-3-4-11-10(8-15-12(11)7-9)5-6-14-13(16)17-2/h3-4,7-8,15H,5-6H2,1-2H3,(H,14,16).